The molecule has 0 unspecified atom stereocenters. The summed E-state index contributed by atoms with van der Waals surface area (Å²) in [5, 5.41) is 13.6. The number of esters is 1. The first-order valence-corrected chi connectivity index (χ1v) is 8.29. The lowest BCUT2D eigenvalue weighted by Gasteiger charge is -2.15. The van der Waals surface area contributed by atoms with E-state index in [4.69, 9.17) is 14.2 Å². The summed E-state index contributed by atoms with van der Waals surface area (Å²) in [6.45, 7) is 1.65. The quantitative estimate of drug-likeness (QED) is 0.419. The molecular weight excluding hydrogens is 368 g/mol. The van der Waals surface area contributed by atoms with Gasteiger partial charge >= 0.3 is 5.97 Å². The van der Waals surface area contributed by atoms with Crippen molar-refractivity contribution in [3.63, 3.8) is 0 Å². The molecule has 0 saturated heterocycles. The molecule has 9 heteroatoms. The number of carbonyl (C=O) groups excluding carboxylic acids is 2. The van der Waals surface area contributed by atoms with Gasteiger partial charge in [0.1, 0.15) is 17.1 Å². The van der Waals surface area contributed by atoms with Crippen LogP contribution in [0.5, 0.6) is 11.5 Å². The van der Waals surface area contributed by atoms with Crippen molar-refractivity contribution in [3.05, 3.63) is 63.7 Å². The van der Waals surface area contributed by atoms with Gasteiger partial charge in [0, 0.05) is 18.7 Å². The Hall–Kier alpha value is -3.62. The summed E-state index contributed by atoms with van der Waals surface area (Å²) in [6.07, 6.45) is -1.10. The summed E-state index contributed by atoms with van der Waals surface area (Å²) in [5.74, 6) is -0.592. The number of ether oxygens (including phenoxy) is 3. The molecule has 0 aromatic heterocycles. The Labute approximate surface area is 161 Å². The molecule has 0 spiro atoms. The largest absolute Gasteiger partial charge is 0.497 e. The molecule has 148 valence electrons. The fourth-order valence-corrected chi connectivity index (χ4v) is 2.32. The third kappa shape index (κ3) is 5.19. The number of hydrogen-bond acceptors (Lipinski definition) is 7. The van der Waals surface area contributed by atoms with Crippen LogP contribution in [0.3, 0.4) is 0 Å². The standard InChI is InChI=1S/C19H20N2O7/c1-12(18(22)20-11-13-4-7-15(26-2)8-5-13)28-19(23)16-10-14(21(24)25)6-9-17(16)27-3/h4-10,12H,11H2,1-3H3,(H,20,22)/t12-/m0/s1. The molecule has 0 aliphatic rings. The third-order valence-corrected chi connectivity index (χ3v) is 3.89. The molecule has 0 fully saturated rings. The average molecular weight is 388 g/mol. The number of rotatable bonds is 8. The van der Waals surface area contributed by atoms with Gasteiger partial charge in [-0.3, -0.25) is 14.9 Å². The van der Waals surface area contributed by atoms with Crippen molar-refractivity contribution < 1.29 is 28.7 Å². The lowest BCUT2D eigenvalue weighted by atomic mass is 10.1. The highest BCUT2D eigenvalue weighted by molar-refractivity contribution is 5.95. The minimum atomic E-state index is -1.10. The van der Waals surface area contributed by atoms with E-state index in [0.717, 1.165) is 11.6 Å². The van der Waals surface area contributed by atoms with Crippen molar-refractivity contribution in [2.24, 2.45) is 0 Å². The van der Waals surface area contributed by atoms with Gasteiger partial charge in [0.25, 0.3) is 11.6 Å². The van der Waals surface area contributed by atoms with E-state index in [9.17, 15) is 19.7 Å². The summed E-state index contributed by atoms with van der Waals surface area (Å²) in [7, 11) is 2.88. The van der Waals surface area contributed by atoms with E-state index in [0.29, 0.717) is 5.75 Å². The summed E-state index contributed by atoms with van der Waals surface area (Å²) < 4.78 is 15.2. The van der Waals surface area contributed by atoms with Crippen LogP contribution in [0.2, 0.25) is 0 Å². The number of nitrogens with one attached hydrogen (secondary N) is 1. The van der Waals surface area contributed by atoms with Crippen molar-refractivity contribution in [1.29, 1.82) is 0 Å². The second kappa shape index (κ2) is 9.36. The van der Waals surface area contributed by atoms with Gasteiger partial charge in [-0.25, -0.2) is 4.79 Å². The van der Waals surface area contributed by atoms with Gasteiger partial charge in [-0.1, -0.05) is 12.1 Å². The molecular formula is C19H20N2O7. The zero-order chi connectivity index (χ0) is 20.7. The number of nitrogens with zero attached hydrogens (tertiary/aromatic N) is 1. The maximum Gasteiger partial charge on any atom is 0.342 e. The van der Waals surface area contributed by atoms with Gasteiger partial charge in [-0.05, 0) is 30.7 Å². The van der Waals surface area contributed by atoms with E-state index in [1.54, 1.807) is 31.4 Å². The SMILES string of the molecule is COc1ccc(CNC(=O)[C@H](C)OC(=O)c2cc([N+](=O)[O-])ccc2OC)cc1. The summed E-state index contributed by atoms with van der Waals surface area (Å²) in [6, 6.07) is 10.7. The lowest BCUT2D eigenvalue weighted by molar-refractivity contribution is -0.384. The summed E-state index contributed by atoms with van der Waals surface area (Å²) in [4.78, 5) is 34.8. The molecule has 1 atom stereocenters. The van der Waals surface area contributed by atoms with Crippen LogP contribution < -0.4 is 14.8 Å². The van der Waals surface area contributed by atoms with Crippen LogP contribution in [-0.4, -0.2) is 37.1 Å². The minimum Gasteiger partial charge on any atom is -0.497 e. The molecule has 9 nitrogen and oxygen atoms in total. The number of amides is 1. The fraction of sp³-hybridized carbons (Fsp3) is 0.263. The van der Waals surface area contributed by atoms with E-state index >= 15 is 0 Å². The predicted molar refractivity (Wildman–Crippen MR) is 99.4 cm³/mol. The molecule has 28 heavy (non-hydrogen) atoms. The first-order valence-electron chi connectivity index (χ1n) is 8.29. The number of nitro benzene ring substituents is 1. The molecule has 2 aromatic rings. The number of nitro groups is 1. The lowest BCUT2D eigenvalue weighted by Crippen LogP contribution is -2.35. The molecule has 0 aliphatic carbocycles. The fourth-order valence-electron chi connectivity index (χ4n) is 2.32. The van der Waals surface area contributed by atoms with Crippen molar-refractivity contribution in [2.45, 2.75) is 19.6 Å². The maximum atomic E-state index is 12.3. The highest BCUT2D eigenvalue weighted by Crippen LogP contribution is 2.25. The van der Waals surface area contributed by atoms with Crippen molar-refractivity contribution in [2.75, 3.05) is 14.2 Å². The average Bonchev–Trinajstić information content (AvgIpc) is 2.71. The van der Waals surface area contributed by atoms with Crippen LogP contribution in [0.1, 0.15) is 22.8 Å². The highest BCUT2D eigenvalue weighted by Gasteiger charge is 2.23. The van der Waals surface area contributed by atoms with E-state index in [-0.39, 0.29) is 23.5 Å². The Balaban J connectivity index is 1.99. The van der Waals surface area contributed by atoms with E-state index in [2.05, 4.69) is 5.32 Å². The van der Waals surface area contributed by atoms with Crippen LogP contribution in [-0.2, 0) is 16.1 Å². The Morgan fingerprint density at radius 1 is 1.11 bits per heavy atom. The smallest absolute Gasteiger partial charge is 0.342 e. The zero-order valence-electron chi connectivity index (χ0n) is 15.6. The summed E-state index contributed by atoms with van der Waals surface area (Å²) in [5.41, 5.74) is 0.420. The van der Waals surface area contributed by atoms with Gasteiger partial charge in [-0.2, -0.15) is 0 Å². The topological polar surface area (TPSA) is 117 Å². The molecule has 0 saturated carbocycles. The molecule has 0 heterocycles. The second-order valence-electron chi connectivity index (χ2n) is 5.76. The number of carbonyl (C=O) groups is 2. The number of methoxy groups -OCH3 is 2. The molecule has 0 bridgehead atoms. The van der Waals surface area contributed by atoms with E-state index in [1.807, 2.05) is 0 Å². The molecule has 1 N–H and O–H groups in total. The van der Waals surface area contributed by atoms with Crippen LogP contribution >= 0.6 is 0 Å². The number of benzene rings is 2. The van der Waals surface area contributed by atoms with Crippen molar-refractivity contribution in [1.82, 2.24) is 5.32 Å². The maximum absolute atomic E-state index is 12.3. The van der Waals surface area contributed by atoms with Crippen molar-refractivity contribution >= 4 is 17.6 Å². The van der Waals surface area contributed by atoms with Gasteiger partial charge < -0.3 is 19.5 Å². The van der Waals surface area contributed by atoms with Crippen LogP contribution in [0.25, 0.3) is 0 Å². The predicted octanol–water partition coefficient (Wildman–Crippen LogP) is 2.47. The Morgan fingerprint density at radius 3 is 2.36 bits per heavy atom. The Bertz CT molecular complexity index is 865. The van der Waals surface area contributed by atoms with E-state index < -0.39 is 22.9 Å². The third-order valence-electron chi connectivity index (χ3n) is 3.89. The van der Waals surface area contributed by atoms with Crippen molar-refractivity contribution in [3.8, 4) is 11.5 Å². The molecule has 0 radical (unpaired) electrons. The van der Waals surface area contributed by atoms with E-state index in [1.165, 1.54) is 26.2 Å². The first-order chi connectivity index (χ1) is 13.3. The number of non-ortho nitro benzene ring substituents is 1. The number of hydrogen-bond donors (Lipinski definition) is 1. The van der Waals surface area contributed by atoms with Crippen LogP contribution in [0, 0.1) is 10.1 Å². The van der Waals surface area contributed by atoms with Gasteiger partial charge in [0.05, 0.1) is 19.1 Å². The Morgan fingerprint density at radius 2 is 1.79 bits per heavy atom. The molecule has 2 aromatic carbocycles. The first kappa shape index (κ1) is 20.7. The molecule has 1 amide bonds. The van der Waals surface area contributed by atoms with Gasteiger partial charge in [-0.15, -0.1) is 0 Å². The monoisotopic (exact) mass is 388 g/mol. The minimum absolute atomic E-state index is 0.112. The second-order valence-corrected chi connectivity index (χ2v) is 5.76. The van der Waals surface area contributed by atoms with Crippen LogP contribution in [0.15, 0.2) is 42.5 Å². The molecule has 0 aliphatic heterocycles. The zero-order valence-corrected chi connectivity index (χ0v) is 15.6. The highest BCUT2D eigenvalue weighted by atomic mass is 16.6. The Kier molecular flexibility index (Phi) is 6.91. The summed E-state index contributed by atoms with van der Waals surface area (Å²) >= 11 is 0. The van der Waals surface area contributed by atoms with Gasteiger partial charge in [0.15, 0.2) is 6.10 Å². The normalized spacial score (nSPS) is 11.2. The van der Waals surface area contributed by atoms with Gasteiger partial charge in [0.2, 0.25) is 0 Å². The van der Waals surface area contributed by atoms with Crippen LogP contribution in [0.4, 0.5) is 5.69 Å². The molecule has 2 rings (SSSR count).